The van der Waals surface area contributed by atoms with Gasteiger partial charge < -0.3 is 4.74 Å². The van der Waals surface area contributed by atoms with Crippen LogP contribution in [0.25, 0.3) is 0 Å². The summed E-state index contributed by atoms with van der Waals surface area (Å²) in [5.74, 6) is -1.78. The maximum Gasteiger partial charge on any atom is 0.338 e. The van der Waals surface area contributed by atoms with Crippen LogP contribution in [0.5, 0.6) is 0 Å². The van der Waals surface area contributed by atoms with Gasteiger partial charge in [-0.3, -0.25) is 4.79 Å². The fourth-order valence-corrected chi connectivity index (χ4v) is 4.13. The van der Waals surface area contributed by atoms with E-state index in [0.717, 1.165) is 12.1 Å². The Labute approximate surface area is 164 Å². The summed E-state index contributed by atoms with van der Waals surface area (Å²) in [6.07, 6.45) is -1.11. The van der Waals surface area contributed by atoms with Gasteiger partial charge in [0.25, 0.3) is 0 Å². The predicted molar refractivity (Wildman–Crippen MR) is 102 cm³/mol. The normalized spacial score (nSPS) is 12.6. The van der Waals surface area contributed by atoms with Crippen molar-refractivity contribution < 1.29 is 27.1 Å². The number of ketones is 1. The largest absolute Gasteiger partial charge is 0.451 e. The topological polar surface area (TPSA) is 80.8 Å². The first-order valence-electron chi connectivity index (χ1n) is 8.81. The van der Waals surface area contributed by atoms with Crippen LogP contribution in [-0.2, 0) is 14.8 Å². The molecule has 2 rings (SSSR count). The van der Waals surface area contributed by atoms with Gasteiger partial charge in [-0.25, -0.2) is 17.6 Å². The number of carbonyl (C=O) groups is 2. The molecule has 0 aliphatic rings. The quantitative estimate of drug-likeness (QED) is 0.496. The van der Waals surface area contributed by atoms with E-state index < -0.39 is 33.7 Å². The van der Waals surface area contributed by atoms with E-state index in [-0.39, 0.29) is 16.0 Å². The Hall–Kier alpha value is -2.58. The maximum atomic E-state index is 13.0. The fraction of sp³-hybridized carbons (Fsp3) is 0.300. The third-order valence-electron chi connectivity index (χ3n) is 4.19. The minimum absolute atomic E-state index is 0.0204. The summed E-state index contributed by atoms with van der Waals surface area (Å²) in [7, 11) is -3.73. The van der Waals surface area contributed by atoms with Gasteiger partial charge in [-0.2, -0.15) is 4.31 Å². The predicted octanol–water partition coefficient (Wildman–Crippen LogP) is 3.28. The Balaban J connectivity index is 2.18. The minimum atomic E-state index is -3.73. The Bertz CT molecular complexity index is 953. The molecular weight excluding hydrogens is 385 g/mol. The average Bonchev–Trinajstić information content (AvgIpc) is 2.68. The summed E-state index contributed by atoms with van der Waals surface area (Å²) in [5.41, 5.74) is 0.228. The van der Waals surface area contributed by atoms with Crippen LogP contribution in [0.15, 0.2) is 53.4 Å². The molecule has 28 heavy (non-hydrogen) atoms. The van der Waals surface area contributed by atoms with E-state index in [0.29, 0.717) is 13.1 Å². The minimum Gasteiger partial charge on any atom is -0.451 e. The van der Waals surface area contributed by atoms with E-state index in [1.165, 1.54) is 47.6 Å². The molecule has 0 spiro atoms. The number of halogens is 1. The lowest BCUT2D eigenvalue weighted by Crippen LogP contribution is -2.30. The van der Waals surface area contributed by atoms with Crippen LogP contribution in [0, 0.1) is 5.82 Å². The molecule has 0 heterocycles. The van der Waals surface area contributed by atoms with Gasteiger partial charge >= 0.3 is 5.97 Å². The summed E-state index contributed by atoms with van der Waals surface area (Å²) in [6, 6.07) is 10.4. The molecule has 0 fully saturated rings. The highest BCUT2D eigenvalue weighted by Crippen LogP contribution is 2.18. The lowest BCUT2D eigenvalue weighted by molar-refractivity contribution is 0.0318. The number of rotatable bonds is 8. The number of esters is 1. The van der Waals surface area contributed by atoms with Crippen molar-refractivity contribution in [2.24, 2.45) is 0 Å². The van der Waals surface area contributed by atoms with Crippen molar-refractivity contribution >= 4 is 21.8 Å². The molecule has 8 heteroatoms. The SMILES string of the molecule is CCN(CC)S(=O)(=O)c1cccc(C(=O)O[C@H](C)C(=O)c2ccc(F)cc2)c1. The van der Waals surface area contributed by atoms with E-state index in [1.54, 1.807) is 13.8 Å². The van der Waals surface area contributed by atoms with Crippen molar-refractivity contribution in [3.63, 3.8) is 0 Å². The average molecular weight is 407 g/mol. The molecule has 2 aromatic carbocycles. The van der Waals surface area contributed by atoms with Crippen LogP contribution in [0.4, 0.5) is 4.39 Å². The van der Waals surface area contributed by atoms with Gasteiger partial charge in [-0.1, -0.05) is 19.9 Å². The molecule has 0 unspecified atom stereocenters. The molecule has 2 aromatic rings. The van der Waals surface area contributed by atoms with E-state index in [9.17, 15) is 22.4 Å². The Morgan fingerprint density at radius 1 is 1.04 bits per heavy atom. The molecule has 1 atom stereocenters. The highest BCUT2D eigenvalue weighted by molar-refractivity contribution is 7.89. The molecule has 0 saturated carbocycles. The highest BCUT2D eigenvalue weighted by atomic mass is 32.2. The molecule has 0 aromatic heterocycles. The zero-order chi connectivity index (χ0) is 20.9. The van der Waals surface area contributed by atoms with Gasteiger partial charge in [-0.05, 0) is 49.4 Å². The Morgan fingerprint density at radius 2 is 1.64 bits per heavy atom. The van der Waals surface area contributed by atoms with Gasteiger partial charge in [-0.15, -0.1) is 0 Å². The third kappa shape index (κ3) is 4.82. The molecule has 0 saturated heterocycles. The van der Waals surface area contributed by atoms with Crippen molar-refractivity contribution in [2.45, 2.75) is 31.8 Å². The summed E-state index contributed by atoms with van der Waals surface area (Å²) < 4.78 is 44.6. The number of hydrogen-bond donors (Lipinski definition) is 0. The third-order valence-corrected chi connectivity index (χ3v) is 6.24. The molecule has 0 N–H and O–H groups in total. The van der Waals surface area contributed by atoms with Crippen LogP contribution in [0.2, 0.25) is 0 Å². The number of nitrogens with zero attached hydrogens (tertiary/aromatic N) is 1. The summed E-state index contributed by atoms with van der Waals surface area (Å²) >= 11 is 0. The zero-order valence-corrected chi connectivity index (χ0v) is 16.7. The van der Waals surface area contributed by atoms with Crippen LogP contribution < -0.4 is 0 Å². The van der Waals surface area contributed by atoms with E-state index >= 15 is 0 Å². The molecule has 0 bridgehead atoms. The second-order valence-corrected chi connectivity index (χ2v) is 7.97. The fourth-order valence-electron chi connectivity index (χ4n) is 2.63. The van der Waals surface area contributed by atoms with Gasteiger partial charge in [0, 0.05) is 18.7 Å². The molecule has 6 nitrogen and oxygen atoms in total. The molecule has 150 valence electrons. The standard InChI is InChI=1S/C20H22FNO5S/c1-4-22(5-2)28(25,26)18-8-6-7-16(13-18)20(24)27-14(3)19(23)15-9-11-17(21)12-10-15/h6-14H,4-5H2,1-3H3/t14-/m1/s1. The van der Waals surface area contributed by atoms with Crippen molar-refractivity contribution in [2.75, 3.05) is 13.1 Å². The molecular formula is C20H22FNO5S. The smallest absolute Gasteiger partial charge is 0.338 e. The molecule has 0 aliphatic carbocycles. The van der Waals surface area contributed by atoms with Gasteiger partial charge in [0.1, 0.15) is 5.82 Å². The molecule has 0 aliphatic heterocycles. The summed E-state index contributed by atoms with van der Waals surface area (Å²) in [4.78, 5) is 24.7. The number of ether oxygens (including phenoxy) is 1. The van der Waals surface area contributed by atoms with E-state index in [2.05, 4.69) is 0 Å². The van der Waals surface area contributed by atoms with Crippen molar-refractivity contribution in [3.8, 4) is 0 Å². The molecule has 0 radical (unpaired) electrons. The summed E-state index contributed by atoms with van der Waals surface area (Å²) in [6.45, 7) is 5.46. The summed E-state index contributed by atoms with van der Waals surface area (Å²) in [5, 5.41) is 0. The second-order valence-electron chi connectivity index (χ2n) is 6.04. The van der Waals surface area contributed by atoms with Gasteiger partial charge in [0.05, 0.1) is 10.5 Å². The van der Waals surface area contributed by atoms with Crippen LogP contribution in [0.3, 0.4) is 0 Å². The van der Waals surface area contributed by atoms with E-state index in [4.69, 9.17) is 4.74 Å². The van der Waals surface area contributed by atoms with Crippen molar-refractivity contribution in [3.05, 3.63) is 65.5 Å². The Morgan fingerprint density at radius 3 is 2.21 bits per heavy atom. The lowest BCUT2D eigenvalue weighted by atomic mass is 10.1. The van der Waals surface area contributed by atoms with Gasteiger partial charge in [0.2, 0.25) is 15.8 Å². The Kier molecular flexibility index (Phi) is 7.04. The number of hydrogen-bond acceptors (Lipinski definition) is 5. The van der Waals surface area contributed by atoms with Crippen molar-refractivity contribution in [1.82, 2.24) is 4.31 Å². The monoisotopic (exact) mass is 407 g/mol. The highest BCUT2D eigenvalue weighted by Gasteiger charge is 2.24. The lowest BCUT2D eigenvalue weighted by Gasteiger charge is -2.19. The zero-order valence-electron chi connectivity index (χ0n) is 15.9. The van der Waals surface area contributed by atoms with Crippen LogP contribution in [0.1, 0.15) is 41.5 Å². The second kappa shape index (κ2) is 9.07. The van der Waals surface area contributed by atoms with Gasteiger partial charge in [0.15, 0.2) is 6.10 Å². The first kappa shape index (κ1) is 21.7. The number of sulfonamides is 1. The molecule has 0 amide bonds. The number of carbonyl (C=O) groups excluding carboxylic acids is 2. The van der Waals surface area contributed by atoms with E-state index in [1.807, 2.05) is 0 Å². The first-order valence-corrected chi connectivity index (χ1v) is 10.3. The number of benzene rings is 2. The van der Waals surface area contributed by atoms with Crippen molar-refractivity contribution in [1.29, 1.82) is 0 Å². The van der Waals surface area contributed by atoms with Crippen LogP contribution >= 0.6 is 0 Å². The maximum absolute atomic E-state index is 13.0. The van der Waals surface area contributed by atoms with Crippen LogP contribution in [-0.4, -0.2) is 43.7 Å². The number of Topliss-reactive ketones (excluding diaryl/α,β-unsaturated/α-hetero) is 1. The first-order chi connectivity index (χ1) is 13.2.